The normalized spacial score (nSPS) is 17.7. The van der Waals surface area contributed by atoms with Gasteiger partial charge in [-0.1, -0.05) is 42.1 Å². The highest BCUT2D eigenvalue weighted by Gasteiger charge is 2.34. The van der Waals surface area contributed by atoms with E-state index in [1.807, 2.05) is 30.3 Å². The lowest BCUT2D eigenvalue weighted by Crippen LogP contribution is -2.31. The number of fused-ring (bicyclic) bond motifs is 1. The van der Waals surface area contributed by atoms with E-state index in [0.29, 0.717) is 24.1 Å². The highest BCUT2D eigenvalue weighted by molar-refractivity contribution is 8.14. The van der Waals surface area contributed by atoms with Gasteiger partial charge >= 0.3 is 0 Å². The van der Waals surface area contributed by atoms with E-state index >= 15 is 0 Å². The smallest absolute Gasteiger partial charge is 0.261 e. The molecule has 4 rings (SSSR count). The molecule has 7 heteroatoms. The van der Waals surface area contributed by atoms with Gasteiger partial charge in [0.2, 0.25) is 0 Å². The number of hydrazone groups is 1. The highest BCUT2D eigenvalue weighted by atomic mass is 32.2. The van der Waals surface area contributed by atoms with Gasteiger partial charge in [-0.25, -0.2) is 4.99 Å². The van der Waals surface area contributed by atoms with Crippen molar-refractivity contribution in [1.29, 1.82) is 0 Å². The van der Waals surface area contributed by atoms with Crippen LogP contribution in [0.4, 0.5) is 5.69 Å². The van der Waals surface area contributed by atoms with Crippen LogP contribution in [0.15, 0.2) is 64.7 Å². The number of nitrogens with one attached hydrogen (secondary N) is 1. The molecule has 0 saturated carbocycles. The molecule has 2 aromatic carbocycles. The van der Waals surface area contributed by atoms with Crippen LogP contribution in [0.1, 0.15) is 33.6 Å². The number of nitrogens with zero attached hydrogens (tertiary/aromatic N) is 3. The highest BCUT2D eigenvalue weighted by Crippen LogP contribution is 2.23. The average molecular weight is 378 g/mol. The molecule has 2 aromatic rings. The van der Waals surface area contributed by atoms with Crippen molar-refractivity contribution in [2.45, 2.75) is 12.8 Å². The Morgan fingerprint density at radius 1 is 1.00 bits per heavy atom. The van der Waals surface area contributed by atoms with Crippen LogP contribution in [0, 0.1) is 0 Å². The number of para-hydroxylation sites is 1. The first-order valence-corrected chi connectivity index (χ1v) is 9.74. The van der Waals surface area contributed by atoms with E-state index in [9.17, 15) is 9.59 Å². The lowest BCUT2D eigenvalue weighted by molar-refractivity contribution is 0.0653. The Kier molecular flexibility index (Phi) is 5.02. The molecule has 0 aromatic heterocycles. The predicted molar refractivity (Wildman–Crippen MR) is 108 cm³/mol. The molecule has 0 fully saturated rings. The molecule has 27 heavy (non-hydrogen) atoms. The van der Waals surface area contributed by atoms with E-state index in [4.69, 9.17) is 0 Å². The van der Waals surface area contributed by atoms with Crippen molar-refractivity contribution in [2.75, 3.05) is 12.3 Å². The summed E-state index contributed by atoms with van der Waals surface area (Å²) in [6.45, 7) is 0.404. The summed E-state index contributed by atoms with van der Waals surface area (Å²) in [5.41, 5.74) is 5.86. The molecular formula is C20H18N4O2S. The maximum absolute atomic E-state index is 12.3. The summed E-state index contributed by atoms with van der Waals surface area (Å²) in [6, 6.07) is 16.7. The van der Waals surface area contributed by atoms with Crippen LogP contribution < -0.4 is 5.43 Å². The first-order chi connectivity index (χ1) is 13.2. The summed E-state index contributed by atoms with van der Waals surface area (Å²) < 4.78 is 0. The van der Waals surface area contributed by atoms with Crippen molar-refractivity contribution in [3.8, 4) is 0 Å². The van der Waals surface area contributed by atoms with Gasteiger partial charge in [-0.05, 0) is 37.1 Å². The Bertz CT molecular complexity index is 905. The molecule has 2 aliphatic heterocycles. The number of amides is 2. The second-order valence-electron chi connectivity index (χ2n) is 6.24. The first-order valence-electron chi connectivity index (χ1n) is 8.75. The molecule has 0 atom stereocenters. The molecule has 0 saturated heterocycles. The first kappa shape index (κ1) is 17.5. The van der Waals surface area contributed by atoms with Gasteiger partial charge in [-0.2, -0.15) is 5.10 Å². The largest absolute Gasteiger partial charge is 0.274 e. The molecule has 0 bridgehead atoms. The Morgan fingerprint density at radius 3 is 2.30 bits per heavy atom. The van der Waals surface area contributed by atoms with Crippen LogP contribution in [0.2, 0.25) is 0 Å². The molecule has 0 aliphatic carbocycles. The zero-order valence-electron chi connectivity index (χ0n) is 14.6. The van der Waals surface area contributed by atoms with Crippen molar-refractivity contribution in [1.82, 2.24) is 10.3 Å². The molecular weight excluding hydrogens is 360 g/mol. The van der Waals surface area contributed by atoms with Gasteiger partial charge in [-0.15, -0.1) is 0 Å². The number of thioether (sulfide) groups is 1. The standard InChI is InChI=1S/C20H18N4O2S/c25-18-16-10-4-5-11-17(16)19(26)24(18)12-6-9-15-13-27-20(23-22-15)21-14-7-2-1-3-8-14/h1-5,7-8,10-11H,6,9,12-13H2,(H,21,23). The number of carbonyl (C=O) groups excluding carboxylic acids is 2. The van der Waals surface area contributed by atoms with Crippen molar-refractivity contribution in [3.63, 3.8) is 0 Å². The van der Waals surface area contributed by atoms with Gasteiger partial charge in [0.15, 0.2) is 5.17 Å². The maximum Gasteiger partial charge on any atom is 0.261 e. The van der Waals surface area contributed by atoms with Crippen LogP contribution in [-0.4, -0.2) is 39.9 Å². The molecule has 1 N–H and O–H groups in total. The Morgan fingerprint density at radius 2 is 1.67 bits per heavy atom. The van der Waals surface area contributed by atoms with E-state index in [-0.39, 0.29) is 11.8 Å². The Labute approximate surface area is 161 Å². The SMILES string of the molecule is O=C1c2ccccc2C(=O)N1CCCC1=NNC(=Nc2ccccc2)SC1. The maximum atomic E-state index is 12.3. The molecule has 0 radical (unpaired) electrons. The Hall–Kier alpha value is -2.93. The van der Waals surface area contributed by atoms with Gasteiger partial charge in [0.25, 0.3) is 11.8 Å². The summed E-state index contributed by atoms with van der Waals surface area (Å²) >= 11 is 1.60. The van der Waals surface area contributed by atoms with Crippen molar-refractivity contribution in [3.05, 3.63) is 65.7 Å². The van der Waals surface area contributed by atoms with Crippen LogP contribution in [-0.2, 0) is 0 Å². The van der Waals surface area contributed by atoms with Gasteiger partial charge in [0.1, 0.15) is 0 Å². The summed E-state index contributed by atoms with van der Waals surface area (Å²) in [7, 11) is 0. The quantitative estimate of drug-likeness (QED) is 0.809. The minimum atomic E-state index is -0.203. The molecule has 6 nitrogen and oxygen atoms in total. The van der Waals surface area contributed by atoms with Crippen molar-refractivity contribution < 1.29 is 9.59 Å². The number of imide groups is 1. The van der Waals surface area contributed by atoms with Gasteiger partial charge < -0.3 is 0 Å². The van der Waals surface area contributed by atoms with E-state index in [1.54, 1.807) is 36.0 Å². The number of aliphatic imine (C=N–C) groups is 1. The van der Waals surface area contributed by atoms with Crippen LogP contribution >= 0.6 is 11.8 Å². The lowest BCUT2D eigenvalue weighted by Gasteiger charge is -2.16. The van der Waals surface area contributed by atoms with E-state index in [1.165, 1.54) is 4.90 Å². The number of rotatable bonds is 5. The van der Waals surface area contributed by atoms with Crippen LogP contribution in [0.25, 0.3) is 0 Å². The fourth-order valence-corrected chi connectivity index (χ4v) is 3.82. The van der Waals surface area contributed by atoms with E-state index in [0.717, 1.165) is 28.7 Å². The van der Waals surface area contributed by atoms with Gasteiger partial charge in [0, 0.05) is 18.0 Å². The molecule has 2 amide bonds. The predicted octanol–water partition coefficient (Wildman–Crippen LogP) is 3.44. The minimum absolute atomic E-state index is 0.203. The fourth-order valence-electron chi connectivity index (χ4n) is 3.03. The van der Waals surface area contributed by atoms with Gasteiger partial charge in [-0.3, -0.25) is 19.9 Å². The summed E-state index contributed by atoms with van der Waals surface area (Å²) in [5, 5.41) is 5.14. The lowest BCUT2D eigenvalue weighted by atomic mass is 10.1. The fraction of sp³-hybridized carbons (Fsp3) is 0.200. The number of amidine groups is 1. The number of benzene rings is 2. The summed E-state index contributed by atoms with van der Waals surface area (Å²) in [6.07, 6.45) is 1.42. The molecule has 0 spiro atoms. The molecule has 0 unspecified atom stereocenters. The third-order valence-electron chi connectivity index (χ3n) is 4.40. The molecule has 2 aliphatic rings. The number of hydrogen-bond acceptors (Lipinski definition) is 5. The van der Waals surface area contributed by atoms with Crippen LogP contribution in [0.5, 0.6) is 0 Å². The van der Waals surface area contributed by atoms with Crippen molar-refractivity contribution in [2.24, 2.45) is 10.1 Å². The van der Waals surface area contributed by atoms with E-state index in [2.05, 4.69) is 15.5 Å². The van der Waals surface area contributed by atoms with Gasteiger partial charge in [0.05, 0.1) is 16.8 Å². The zero-order chi connectivity index (χ0) is 18.6. The van der Waals surface area contributed by atoms with Crippen molar-refractivity contribution >= 4 is 40.1 Å². The summed E-state index contributed by atoms with van der Waals surface area (Å²) in [5.74, 6) is 0.345. The minimum Gasteiger partial charge on any atom is -0.274 e. The Balaban J connectivity index is 1.30. The molecule has 2 heterocycles. The average Bonchev–Trinajstić information content (AvgIpc) is 2.95. The number of hydrogen-bond donors (Lipinski definition) is 1. The second-order valence-corrected chi connectivity index (χ2v) is 7.21. The zero-order valence-corrected chi connectivity index (χ0v) is 15.4. The van der Waals surface area contributed by atoms with Crippen LogP contribution in [0.3, 0.4) is 0 Å². The topological polar surface area (TPSA) is 74.1 Å². The third-order valence-corrected chi connectivity index (χ3v) is 5.33. The summed E-state index contributed by atoms with van der Waals surface area (Å²) in [4.78, 5) is 30.5. The van der Waals surface area contributed by atoms with E-state index < -0.39 is 0 Å². The molecule has 136 valence electrons. The number of carbonyl (C=O) groups is 2. The second kappa shape index (κ2) is 7.75. The third kappa shape index (κ3) is 3.78. The monoisotopic (exact) mass is 378 g/mol.